The Morgan fingerprint density at radius 2 is 2.13 bits per heavy atom. The number of carbonyl (C=O) groups is 1. The maximum absolute atomic E-state index is 11.9. The lowest BCUT2D eigenvalue weighted by molar-refractivity contribution is 0.0792. The Morgan fingerprint density at radius 3 is 2.73 bits per heavy atom. The Balaban J connectivity index is 2.21. The van der Waals surface area contributed by atoms with E-state index in [1.54, 1.807) is 6.07 Å². The van der Waals surface area contributed by atoms with Crippen molar-refractivity contribution in [3.63, 3.8) is 0 Å². The molecule has 2 N–H and O–H groups in total. The highest BCUT2D eigenvalue weighted by atomic mass is 35.5. The fourth-order valence-corrected chi connectivity index (χ4v) is 1.83. The summed E-state index contributed by atoms with van der Waals surface area (Å²) in [6.07, 6.45) is 3.62. The van der Waals surface area contributed by atoms with Crippen LogP contribution in [0.1, 0.15) is 23.2 Å². The van der Waals surface area contributed by atoms with Gasteiger partial charge in [0.15, 0.2) is 0 Å². The van der Waals surface area contributed by atoms with E-state index in [-0.39, 0.29) is 11.7 Å². The van der Waals surface area contributed by atoms with Crippen molar-refractivity contribution in [2.24, 2.45) is 0 Å². The smallest absolute Gasteiger partial charge is 0.255 e. The zero-order chi connectivity index (χ0) is 10.8. The molecule has 0 aliphatic carbocycles. The zero-order valence-electron chi connectivity index (χ0n) is 8.24. The molecule has 2 rings (SSSR count). The van der Waals surface area contributed by atoms with Gasteiger partial charge in [-0.15, -0.1) is 0 Å². The van der Waals surface area contributed by atoms with E-state index in [0.717, 1.165) is 25.9 Å². The number of rotatable bonds is 1. The summed E-state index contributed by atoms with van der Waals surface area (Å²) < 4.78 is 0. The zero-order valence-corrected chi connectivity index (χ0v) is 9.00. The average Bonchev–Trinajstić information content (AvgIpc) is 2.74. The molecule has 0 spiro atoms. The Kier molecular flexibility index (Phi) is 2.77. The van der Waals surface area contributed by atoms with Crippen LogP contribution in [-0.2, 0) is 0 Å². The highest BCUT2D eigenvalue weighted by molar-refractivity contribution is 6.33. The van der Waals surface area contributed by atoms with Gasteiger partial charge in [-0.3, -0.25) is 4.79 Å². The van der Waals surface area contributed by atoms with Crippen LogP contribution in [0.25, 0.3) is 0 Å². The number of hydrogen-bond donors (Lipinski definition) is 1. The van der Waals surface area contributed by atoms with E-state index in [1.165, 1.54) is 6.20 Å². The molecule has 4 nitrogen and oxygen atoms in total. The van der Waals surface area contributed by atoms with Gasteiger partial charge in [-0.05, 0) is 18.9 Å². The number of carbonyl (C=O) groups excluding carboxylic acids is 1. The second kappa shape index (κ2) is 4.06. The molecular formula is C10H12ClN3O. The molecule has 0 bridgehead atoms. The molecule has 0 saturated carbocycles. The SMILES string of the molecule is Nc1ncc(C(=O)N2CCCC2)cc1Cl. The van der Waals surface area contributed by atoms with Crippen LogP contribution in [-0.4, -0.2) is 28.9 Å². The number of nitrogen functional groups attached to an aromatic ring is 1. The van der Waals surface area contributed by atoms with Crippen LogP contribution in [0.5, 0.6) is 0 Å². The van der Waals surface area contributed by atoms with Gasteiger partial charge in [-0.25, -0.2) is 4.98 Å². The molecule has 1 fully saturated rings. The molecular weight excluding hydrogens is 214 g/mol. The summed E-state index contributed by atoms with van der Waals surface area (Å²) in [5.74, 6) is 0.247. The second-order valence-electron chi connectivity index (χ2n) is 3.59. The number of anilines is 1. The minimum absolute atomic E-state index is 0.0121. The largest absolute Gasteiger partial charge is 0.382 e. The number of likely N-dealkylation sites (tertiary alicyclic amines) is 1. The number of nitrogens with two attached hydrogens (primary N) is 1. The minimum atomic E-state index is -0.0121. The first kappa shape index (κ1) is 10.2. The van der Waals surface area contributed by atoms with Crippen LogP contribution in [0.3, 0.4) is 0 Å². The topological polar surface area (TPSA) is 59.2 Å². The summed E-state index contributed by atoms with van der Waals surface area (Å²) in [6.45, 7) is 1.64. The molecule has 0 unspecified atom stereocenters. The van der Waals surface area contributed by atoms with Crippen molar-refractivity contribution in [1.82, 2.24) is 9.88 Å². The second-order valence-corrected chi connectivity index (χ2v) is 4.00. The summed E-state index contributed by atoms with van der Waals surface area (Å²) in [7, 11) is 0. The highest BCUT2D eigenvalue weighted by Gasteiger charge is 2.20. The number of aromatic nitrogens is 1. The van der Waals surface area contributed by atoms with Crippen molar-refractivity contribution in [3.8, 4) is 0 Å². The van der Waals surface area contributed by atoms with E-state index in [4.69, 9.17) is 17.3 Å². The lowest BCUT2D eigenvalue weighted by Crippen LogP contribution is -2.27. The number of halogens is 1. The van der Waals surface area contributed by atoms with Crippen LogP contribution in [0.2, 0.25) is 5.02 Å². The van der Waals surface area contributed by atoms with Gasteiger partial charge in [0.1, 0.15) is 5.82 Å². The van der Waals surface area contributed by atoms with E-state index >= 15 is 0 Å². The van der Waals surface area contributed by atoms with Gasteiger partial charge in [0.05, 0.1) is 10.6 Å². The summed E-state index contributed by atoms with van der Waals surface area (Å²) >= 11 is 5.81. The normalized spacial score (nSPS) is 15.7. The van der Waals surface area contributed by atoms with Gasteiger partial charge < -0.3 is 10.6 Å². The van der Waals surface area contributed by atoms with Gasteiger partial charge in [0.2, 0.25) is 0 Å². The molecule has 1 aromatic rings. The van der Waals surface area contributed by atoms with Crippen LogP contribution in [0, 0.1) is 0 Å². The first-order valence-corrected chi connectivity index (χ1v) is 5.26. The third-order valence-corrected chi connectivity index (χ3v) is 2.81. The number of amides is 1. The molecule has 1 aliphatic heterocycles. The maximum atomic E-state index is 11.9. The Bertz CT molecular complexity index is 388. The van der Waals surface area contributed by atoms with E-state index in [1.807, 2.05) is 4.90 Å². The van der Waals surface area contributed by atoms with E-state index in [2.05, 4.69) is 4.98 Å². The number of nitrogens with zero attached hydrogens (tertiary/aromatic N) is 2. The fourth-order valence-electron chi connectivity index (χ4n) is 1.67. The predicted molar refractivity (Wildman–Crippen MR) is 58.8 cm³/mol. The Labute approximate surface area is 93.0 Å². The highest BCUT2D eigenvalue weighted by Crippen LogP contribution is 2.19. The first-order valence-electron chi connectivity index (χ1n) is 4.89. The molecule has 0 atom stereocenters. The molecule has 1 amide bonds. The monoisotopic (exact) mass is 225 g/mol. The van der Waals surface area contributed by atoms with Crippen LogP contribution < -0.4 is 5.73 Å². The number of hydrogen-bond acceptors (Lipinski definition) is 3. The van der Waals surface area contributed by atoms with Gasteiger partial charge in [0, 0.05) is 19.3 Å². The summed E-state index contributed by atoms with van der Waals surface area (Å²) in [5, 5.41) is 0.333. The molecule has 2 heterocycles. The third kappa shape index (κ3) is 2.04. The van der Waals surface area contributed by atoms with E-state index < -0.39 is 0 Å². The lowest BCUT2D eigenvalue weighted by Gasteiger charge is -2.15. The Hall–Kier alpha value is -1.29. The average molecular weight is 226 g/mol. The van der Waals surface area contributed by atoms with Crippen molar-refractivity contribution in [2.45, 2.75) is 12.8 Å². The maximum Gasteiger partial charge on any atom is 0.255 e. The summed E-state index contributed by atoms with van der Waals surface area (Å²) in [6, 6.07) is 1.57. The lowest BCUT2D eigenvalue weighted by atomic mass is 10.2. The summed E-state index contributed by atoms with van der Waals surface area (Å²) in [5.41, 5.74) is 5.98. The van der Waals surface area contributed by atoms with Crippen LogP contribution in [0.4, 0.5) is 5.82 Å². The molecule has 80 valence electrons. The molecule has 15 heavy (non-hydrogen) atoms. The summed E-state index contributed by atoms with van der Waals surface area (Å²) in [4.78, 5) is 17.6. The van der Waals surface area contributed by atoms with Crippen LogP contribution in [0.15, 0.2) is 12.3 Å². The minimum Gasteiger partial charge on any atom is -0.382 e. The molecule has 5 heteroatoms. The van der Waals surface area contributed by atoms with Gasteiger partial charge in [-0.1, -0.05) is 11.6 Å². The van der Waals surface area contributed by atoms with Gasteiger partial charge in [0.25, 0.3) is 5.91 Å². The first-order chi connectivity index (χ1) is 7.18. The number of pyridine rings is 1. The van der Waals surface area contributed by atoms with E-state index in [9.17, 15) is 4.79 Å². The van der Waals surface area contributed by atoms with Crippen molar-refractivity contribution in [3.05, 3.63) is 22.8 Å². The van der Waals surface area contributed by atoms with Gasteiger partial charge >= 0.3 is 0 Å². The quantitative estimate of drug-likeness (QED) is 0.789. The van der Waals surface area contributed by atoms with Crippen molar-refractivity contribution in [1.29, 1.82) is 0 Å². The standard InChI is InChI=1S/C10H12ClN3O/c11-8-5-7(6-13-9(8)12)10(15)14-3-1-2-4-14/h5-6H,1-4H2,(H2,12,13). The molecule has 1 aromatic heterocycles. The van der Waals surface area contributed by atoms with E-state index in [0.29, 0.717) is 10.6 Å². The fraction of sp³-hybridized carbons (Fsp3) is 0.400. The predicted octanol–water partition coefficient (Wildman–Crippen LogP) is 1.55. The molecule has 1 saturated heterocycles. The van der Waals surface area contributed by atoms with Crippen molar-refractivity contribution in [2.75, 3.05) is 18.8 Å². The van der Waals surface area contributed by atoms with Crippen LogP contribution >= 0.6 is 11.6 Å². The molecule has 0 radical (unpaired) electrons. The van der Waals surface area contributed by atoms with Crippen molar-refractivity contribution >= 4 is 23.3 Å². The van der Waals surface area contributed by atoms with Gasteiger partial charge in [-0.2, -0.15) is 0 Å². The molecule has 1 aliphatic rings. The third-order valence-electron chi connectivity index (χ3n) is 2.51. The Morgan fingerprint density at radius 1 is 1.47 bits per heavy atom. The molecule has 0 aromatic carbocycles. The van der Waals surface area contributed by atoms with Crippen molar-refractivity contribution < 1.29 is 4.79 Å².